The highest BCUT2D eigenvalue weighted by Gasteiger charge is 2.48. The van der Waals surface area contributed by atoms with Crippen LogP contribution in [0.25, 0.3) is 0 Å². The van der Waals surface area contributed by atoms with Crippen LogP contribution in [0, 0.1) is 17.7 Å². The topological polar surface area (TPSA) is 57.6 Å². The predicted octanol–water partition coefficient (Wildman–Crippen LogP) is 2.64. The fourth-order valence-electron chi connectivity index (χ4n) is 3.40. The molecule has 118 valence electrons. The van der Waals surface area contributed by atoms with Gasteiger partial charge in [0.05, 0.1) is 0 Å². The highest BCUT2D eigenvalue weighted by atomic mass is 19.1. The van der Waals surface area contributed by atoms with Gasteiger partial charge in [-0.15, -0.1) is 0 Å². The minimum Gasteiger partial charge on any atom is -0.480 e. The minimum atomic E-state index is -0.918. The van der Waals surface area contributed by atoms with Crippen LogP contribution in [-0.4, -0.2) is 34.5 Å². The van der Waals surface area contributed by atoms with Crippen LogP contribution in [0.3, 0.4) is 0 Å². The second-order valence-corrected chi connectivity index (χ2v) is 6.52. The van der Waals surface area contributed by atoms with E-state index in [0.717, 1.165) is 18.4 Å². The second kappa shape index (κ2) is 5.71. The molecular formula is C17H20FNO3. The quantitative estimate of drug-likeness (QED) is 0.934. The maximum atomic E-state index is 13.0. The first-order valence-electron chi connectivity index (χ1n) is 7.76. The number of likely N-dealkylation sites (tertiary alicyclic amines) is 1. The molecule has 1 aliphatic carbocycles. The van der Waals surface area contributed by atoms with Gasteiger partial charge in [-0.25, -0.2) is 9.18 Å². The number of carbonyl (C=O) groups is 2. The lowest BCUT2D eigenvalue weighted by molar-refractivity contribution is -0.153. The van der Waals surface area contributed by atoms with Crippen LogP contribution in [0.4, 0.5) is 4.39 Å². The Morgan fingerprint density at radius 1 is 1.23 bits per heavy atom. The molecule has 1 aromatic carbocycles. The van der Waals surface area contributed by atoms with E-state index in [2.05, 4.69) is 0 Å². The zero-order chi connectivity index (χ0) is 15.9. The summed E-state index contributed by atoms with van der Waals surface area (Å²) in [5, 5.41) is 9.36. The van der Waals surface area contributed by atoms with Crippen LogP contribution in [-0.2, 0) is 9.59 Å². The lowest BCUT2D eigenvalue weighted by atomic mass is 9.92. The maximum Gasteiger partial charge on any atom is 0.326 e. The summed E-state index contributed by atoms with van der Waals surface area (Å²) in [7, 11) is 0. The number of carboxylic acids is 1. The molecule has 1 aliphatic heterocycles. The molecule has 0 aromatic heterocycles. The Kier molecular flexibility index (Phi) is 3.89. The van der Waals surface area contributed by atoms with Gasteiger partial charge in [-0.2, -0.15) is 0 Å². The molecule has 4 nitrogen and oxygen atoms in total. The van der Waals surface area contributed by atoms with E-state index in [9.17, 15) is 19.1 Å². The third-order valence-corrected chi connectivity index (χ3v) is 4.84. The van der Waals surface area contributed by atoms with Crippen LogP contribution < -0.4 is 0 Å². The van der Waals surface area contributed by atoms with Gasteiger partial charge in [0.15, 0.2) is 0 Å². The monoisotopic (exact) mass is 305 g/mol. The average molecular weight is 305 g/mol. The van der Waals surface area contributed by atoms with Crippen molar-refractivity contribution in [3.05, 3.63) is 35.6 Å². The summed E-state index contributed by atoms with van der Waals surface area (Å²) < 4.78 is 13.0. The summed E-state index contributed by atoms with van der Waals surface area (Å²) in [5.74, 6) is -0.990. The van der Waals surface area contributed by atoms with Gasteiger partial charge in [-0.3, -0.25) is 4.79 Å². The molecule has 1 amide bonds. The van der Waals surface area contributed by atoms with Gasteiger partial charge in [0.25, 0.3) is 0 Å². The van der Waals surface area contributed by atoms with Gasteiger partial charge < -0.3 is 10.0 Å². The van der Waals surface area contributed by atoms with Crippen molar-refractivity contribution >= 4 is 11.9 Å². The number of aliphatic carboxylic acids is 1. The van der Waals surface area contributed by atoms with E-state index in [0.29, 0.717) is 18.9 Å². The number of carbonyl (C=O) groups excluding carboxylic acids is 1. The van der Waals surface area contributed by atoms with Crippen molar-refractivity contribution in [3.8, 4) is 0 Å². The van der Waals surface area contributed by atoms with E-state index in [1.165, 1.54) is 17.0 Å². The average Bonchev–Trinajstić information content (AvgIpc) is 3.27. The molecule has 3 rings (SSSR count). The molecule has 4 unspecified atom stereocenters. The van der Waals surface area contributed by atoms with Gasteiger partial charge >= 0.3 is 5.97 Å². The Morgan fingerprint density at radius 3 is 2.55 bits per heavy atom. The fraction of sp³-hybridized carbons (Fsp3) is 0.529. The third-order valence-electron chi connectivity index (χ3n) is 4.84. The molecule has 2 aliphatic rings. The van der Waals surface area contributed by atoms with E-state index in [1.54, 1.807) is 12.1 Å². The van der Waals surface area contributed by atoms with Crippen molar-refractivity contribution in [1.82, 2.24) is 4.90 Å². The van der Waals surface area contributed by atoms with Crippen molar-refractivity contribution in [1.29, 1.82) is 0 Å². The predicted molar refractivity (Wildman–Crippen MR) is 78.8 cm³/mol. The highest BCUT2D eigenvalue weighted by Crippen LogP contribution is 2.49. The maximum absolute atomic E-state index is 13.0. The lowest BCUT2D eigenvalue weighted by Crippen LogP contribution is -2.50. The van der Waals surface area contributed by atoms with E-state index in [1.807, 2.05) is 6.92 Å². The molecular weight excluding hydrogens is 285 g/mol. The molecule has 0 spiro atoms. The molecule has 0 bridgehead atoms. The Bertz CT molecular complexity index is 586. The van der Waals surface area contributed by atoms with Crippen LogP contribution >= 0.6 is 0 Å². The molecule has 1 saturated carbocycles. The van der Waals surface area contributed by atoms with Crippen molar-refractivity contribution in [2.45, 2.75) is 38.1 Å². The highest BCUT2D eigenvalue weighted by molar-refractivity contribution is 5.88. The Balaban J connectivity index is 1.69. The van der Waals surface area contributed by atoms with E-state index in [4.69, 9.17) is 0 Å². The molecule has 1 heterocycles. The first-order valence-corrected chi connectivity index (χ1v) is 7.76. The Labute approximate surface area is 128 Å². The molecule has 0 radical (unpaired) electrons. The zero-order valence-electron chi connectivity index (χ0n) is 12.5. The molecule has 1 saturated heterocycles. The first-order chi connectivity index (χ1) is 10.5. The normalized spacial score (nSPS) is 30.9. The van der Waals surface area contributed by atoms with Crippen LogP contribution in [0.1, 0.15) is 37.7 Å². The molecule has 4 atom stereocenters. The fourth-order valence-corrected chi connectivity index (χ4v) is 3.40. The summed E-state index contributed by atoms with van der Waals surface area (Å²) in [6.45, 7) is 2.54. The number of piperidine rings is 1. The lowest BCUT2D eigenvalue weighted by Gasteiger charge is -2.36. The molecule has 5 heteroatoms. The summed E-state index contributed by atoms with van der Waals surface area (Å²) in [6, 6.07) is 5.52. The summed E-state index contributed by atoms with van der Waals surface area (Å²) in [6.07, 6.45) is 2.10. The van der Waals surface area contributed by atoms with Crippen molar-refractivity contribution in [3.63, 3.8) is 0 Å². The summed E-state index contributed by atoms with van der Waals surface area (Å²) in [5.41, 5.74) is 0.956. The number of nitrogens with zero attached hydrogens (tertiary/aromatic N) is 1. The molecule has 1 N–H and O–H groups in total. The first kappa shape index (κ1) is 15.0. The van der Waals surface area contributed by atoms with Gasteiger partial charge in [0.1, 0.15) is 11.9 Å². The SMILES string of the molecule is CC1CCN(C(=O)C2CC2c2ccc(F)cc2)C(C(=O)O)C1. The Morgan fingerprint density at radius 2 is 1.91 bits per heavy atom. The number of amides is 1. The zero-order valence-corrected chi connectivity index (χ0v) is 12.5. The van der Waals surface area contributed by atoms with Gasteiger partial charge in [0.2, 0.25) is 5.91 Å². The van der Waals surface area contributed by atoms with E-state index < -0.39 is 12.0 Å². The van der Waals surface area contributed by atoms with Crippen LogP contribution in [0.5, 0.6) is 0 Å². The molecule has 2 fully saturated rings. The standard InChI is InChI=1S/C17H20FNO3/c1-10-6-7-19(15(8-10)17(21)22)16(20)14-9-13(14)11-2-4-12(18)5-3-11/h2-5,10,13-15H,6-9H2,1H3,(H,21,22). The number of rotatable bonds is 3. The number of hydrogen-bond acceptors (Lipinski definition) is 2. The largest absolute Gasteiger partial charge is 0.480 e. The number of carboxylic acid groups (broad SMARTS) is 1. The van der Waals surface area contributed by atoms with Gasteiger partial charge in [0, 0.05) is 12.5 Å². The van der Waals surface area contributed by atoms with Gasteiger partial charge in [-0.1, -0.05) is 19.1 Å². The smallest absolute Gasteiger partial charge is 0.326 e. The summed E-state index contributed by atoms with van der Waals surface area (Å²) in [4.78, 5) is 25.6. The van der Waals surface area contributed by atoms with Crippen molar-refractivity contribution in [2.24, 2.45) is 11.8 Å². The van der Waals surface area contributed by atoms with E-state index in [-0.39, 0.29) is 23.6 Å². The number of halogens is 1. The van der Waals surface area contributed by atoms with Crippen molar-refractivity contribution < 1.29 is 19.1 Å². The number of benzene rings is 1. The van der Waals surface area contributed by atoms with Crippen molar-refractivity contribution in [2.75, 3.05) is 6.54 Å². The Hall–Kier alpha value is -1.91. The summed E-state index contributed by atoms with van der Waals surface area (Å²) >= 11 is 0. The molecule has 1 aromatic rings. The van der Waals surface area contributed by atoms with E-state index >= 15 is 0 Å². The molecule has 22 heavy (non-hydrogen) atoms. The van der Waals surface area contributed by atoms with Gasteiger partial charge in [-0.05, 0) is 48.8 Å². The third kappa shape index (κ3) is 2.85. The second-order valence-electron chi connectivity index (χ2n) is 6.52. The minimum absolute atomic E-state index is 0.0615. The van der Waals surface area contributed by atoms with Crippen LogP contribution in [0.2, 0.25) is 0 Å². The number of hydrogen-bond donors (Lipinski definition) is 1. The van der Waals surface area contributed by atoms with Crippen LogP contribution in [0.15, 0.2) is 24.3 Å².